The zero-order valence-corrected chi connectivity index (χ0v) is 6.46. The fourth-order valence-corrected chi connectivity index (χ4v) is 0.934. The van der Waals surface area contributed by atoms with Gasteiger partial charge in [-0.3, -0.25) is 14.4 Å². The van der Waals surface area contributed by atoms with Crippen molar-refractivity contribution in [3.8, 4) is 0 Å². The van der Waals surface area contributed by atoms with Gasteiger partial charge in [-0.1, -0.05) is 0 Å². The molecule has 0 aromatic carbocycles. The normalized spacial score (nSPS) is 17.1. The molecule has 0 bridgehead atoms. The third kappa shape index (κ3) is 1.18. The summed E-state index contributed by atoms with van der Waals surface area (Å²) in [5.74, 6) is -1.96. The number of nitrogens with two attached hydrogens (primary N) is 1. The van der Waals surface area contributed by atoms with E-state index in [1.54, 1.807) is 0 Å². The number of ketones is 2. The van der Waals surface area contributed by atoms with Gasteiger partial charge in [0.25, 0.3) is 0 Å². The van der Waals surface area contributed by atoms with E-state index in [0.717, 1.165) is 6.08 Å². The summed E-state index contributed by atoms with van der Waals surface area (Å²) in [6.07, 6.45) is 2.32. The number of hydrogen-bond donors (Lipinski definition) is 1. The molecule has 2 N–H and O–H groups in total. The van der Waals surface area contributed by atoms with E-state index in [1.165, 1.54) is 13.0 Å². The lowest BCUT2D eigenvalue weighted by Crippen LogP contribution is -2.23. The Morgan fingerprint density at radius 2 is 1.92 bits per heavy atom. The van der Waals surface area contributed by atoms with Gasteiger partial charge in [-0.05, 0) is 19.1 Å². The second-order valence-electron chi connectivity index (χ2n) is 2.43. The number of allylic oxidation sites excluding steroid dienone is 2. The van der Waals surface area contributed by atoms with Crippen LogP contribution in [0.5, 0.6) is 0 Å². The summed E-state index contributed by atoms with van der Waals surface area (Å²) in [4.78, 5) is 32.4. The molecule has 0 fully saturated rings. The molecule has 0 spiro atoms. The van der Waals surface area contributed by atoms with Gasteiger partial charge in [0.05, 0.1) is 0 Å². The smallest absolute Gasteiger partial charge is 0.249 e. The zero-order valence-electron chi connectivity index (χ0n) is 6.46. The largest absolute Gasteiger partial charge is 0.366 e. The van der Waals surface area contributed by atoms with Gasteiger partial charge >= 0.3 is 0 Å². The minimum absolute atomic E-state index is 0.111. The summed E-state index contributed by atoms with van der Waals surface area (Å²) in [6.45, 7) is 1.41. The van der Waals surface area contributed by atoms with Crippen LogP contribution in [0.15, 0.2) is 23.3 Å². The molecule has 0 aliphatic heterocycles. The van der Waals surface area contributed by atoms with Crippen LogP contribution in [0, 0.1) is 0 Å². The molecule has 0 saturated heterocycles. The van der Waals surface area contributed by atoms with Gasteiger partial charge in [0.2, 0.25) is 17.5 Å². The van der Waals surface area contributed by atoms with E-state index in [-0.39, 0.29) is 11.1 Å². The molecular formula is C8H7NO3. The van der Waals surface area contributed by atoms with E-state index in [2.05, 4.69) is 0 Å². The minimum Gasteiger partial charge on any atom is -0.366 e. The van der Waals surface area contributed by atoms with Crippen LogP contribution in [-0.4, -0.2) is 17.5 Å². The third-order valence-corrected chi connectivity index (χ3v) is 1.64. The maximum Gasteiger partial charge on any atom is 0.249 e. The van der Waals surface area contributed by atoms with E-state index in [9.17, 15) is 14.4 Å². The Bertz CT molecular complexity index is 336. The lowest BCUT2D eigenvalue weighted by molar-refractivity contribution is -0.131. The van der Waals surface area contributed by atoms with Crippen molar-refractivity contribution in [2.75, 3.05) is 0 Å². The second kappa shape index (κ2) is 2.73. The van der Waals surface area contributed by atoms with Crippen molar-refractivity contribution in [1.29, 1.82) is 0 Å². The molecule has 0 radical (unpaired) electrons. The zero-order chi connectivity index (χ0) is 9.30. The summed E-state index contributed by atoms with van der Waals surface area (Å²) >= 11 is 0. The summed E-state index contributed by atoms with van der Waals surface area (Å²) in [5, 5.41) is 0. The van der Waals surface area contributed by atoms with Crippen LogP contribution in [0.25, 0.3) is 0 Å². The molecule has 0 unspecified atom stereocenters. The second-order valence-corrected chi connectivity index (χ2v) is 2.43. The van der Waals surface area contributed by atoms with Gasteiger partial charge in [0.1, 0.15) is 0 Å². The molecule has 0 aromatic rings. The van der Waals surface area contributed by atoms with E-state index in [4.69, 9.17) is 5.73 Å². The third-order valence-electron chi connectivity index (χ3n) is 1.64. The number of amides is 1. The highest BCUT2D eigenvalue weighted by Crippen LogP contribution is 2.12. The molecule has 1 aliphatic rings. The first-order valence-electron chi connectivity index (χ1n) is 3.31. The topological polar surface area (TPSA) is 77.2 Å². The van der Waals surface area contributed by atoms with Crippen molar-refractivity contribution in [1.82, 2.24) is 0 Å². The van der Waals surface area contributed by atoms with E-state index >= 15 is 0 Å². The number of hydrogen-bond acceptors (Lipinski definition) is 3. The molecule has 1 aliphatic carbocycles. The standard InChI is InChI=1S/C8H7NO3/c1-4-5(8(9)12)2-3-6(10)7(4)11/h2-3H,1H3,(H2,9,12). The number of primary amides is 1. The monoisotopic (exact) mass is 165 g/mol. The molecule has 0 heterocycles. The number of carbonyl (C=O) groups excluding carboxylic acids is 3. The SMILES string of the molecule is CC1=C(C(N)=O)C=CC(=O)C1=O. The molecule has 1 rings (SSSR count). The first kappa shape index (κ1) is 8.39. The quantitative estimate of drug-likeness (QED) is 0.420. The summed E-state index contributed by atoms with van der Waals surface area (Å²) in [5.41, 5.74) is 5.18. The van der Waals surface area contributed by atoms with Crippen molar-refractivity contribution >= 4 is 17.5 Å². The summed E-state index contributed by atoms with van der Waals surface area (Å²) < 4.78 is 0. The van der Waals surface area contributed by atoms with Gasteiger partial charge in [-0.25, -0.2) is 0 Å². The Morgan fingerprint density at radius 1 is 1.33 bits per heavy atom. The van der Waals surface area contributed by atoms with Gasteiger partial charge < -0.3 is 5.73 Å². The molecule has 0 saturated carbocycles. The molecule has 0 atom stereocenters. The van der Waals surface area contributed by atoms with Gasteiger partial charge in [0, 0.05) is 11.1 Å². The lowest BCUT2D eigenvalue weighted by Gasteiger charge is -2.06. The molecule has 62 valence electrons. The predicted molar refractivity (Wildman–Crippen MR) is 41.0 cm³/mol. The van der Waals surface area contributed by atoms with Gasteiger partial charge in [-0.15, -0.1) is 0 Å². The molecular weight excluding hydrogens is 158 g/mol. The Morgan fingerprint density at radius 3 is 2.42 bits per heavy atom. The van der Waals surface area contributed by atoms with Crippen molar-refractivity contribution in [3.05, 3.63) is 23.3 Å². The number of rotatable bonds is 1. The number of Topliss-reactive ketones (excluding diaryl/α,β-unsaturated/α-hetero) is 1. The van der Waals surface area contributed by atoms with E-state index < -0.39 is 17.5 Å². The van der Waals surface area contributed by atoms with E-state index in [0.29, 0.717) is 0 Å². The molecule has 12 heavy (non-hydrogen) atoms. The first-order valence-corrected chi connectivity index (χ1v) is 3.31. The fourth-order valence-electron chi connectivity index (χ4n) is 0.934. The van der Waals surface area contributed by atoms with Crippen molar-refractivity contribution in [2.45, 2.75) is 6.92 Å². The highest BCUT2D eigenvalue weighted by molar-refractivity contribution is 6.49. The van der Waals surface area contributed by atoms with Gasteiger partial charge in [-0.2, -0.15) is 0 Å². The molecule has 1 amide bonds. The number of carbonyl (C=O) groups is 3. The van der Waals surface area contributed by atoms with Crippen molar-refractivity contribution < 1.29 is 14.4 Å². The van der Waals surface area contributed by atoms with Gasteiger partial charge in [0.15, 0.2) is 0 Å². The fraction of sp³-hybridized carbons (Fsp3) is 0.125. The van der Waals surface area contributed by atoms with Crippen LogP contribution in [0.2, 0.25) is 0 Å². The Balaban J connectivity index is 3.19. The molecule has 4 nitrogen and oxygen atoms in total. The Labute approximate surface area is 68.7 Å². The maximum absolute atomic E-state index is 11.0. The van der Waals surface area contributed by atoms with Crippen molar-refractivity contribution in [2.24, 2.45) is 5.73 Å². The van der Waals surface area contributed by atoms with E-state index in [1.807, 2.05) is 0 Å². The first-order chi connectivity index (χ1) is 5.54. The lowest BCUT2D eigenvalue weighted by atomic mass is 9.96. The Kier molecular flexibility index (Phi) is 1.91. The van der Waals surface area contributed by atoms with Crippen LogP contribution >= 0.6 is 0 Å². The van der Waals surface area contributed by atoms with Crippen LogP contribution in [0.1, 0.15) is 6.92 Å². The maximum atomic E-state index is 11.0. The van der Waals surface area contributed by atoms with Crippen LogP contribution in [-0.2, 0) is 14.4 Å². The van der Waals surface area contributed by atoms with Crippen molar-refractivity contribution in [3.63, 3.8) is 0 Å². The highest BCUT2D eigenvalue weighted by Gasteiger charge is 2.22. The molecule has 4 heteroatoms. The predicted octanol–water partition coefficient (Wildman–Crippen LogP) is -0.504. The summed E-state index contributed by atoms with van der Waals surface area (Å²) in [7, 11) is 0. The van der Waals surface area contributed by atoms with Crippen LogP contribution in [0.3, 0.4) is 0 Å². The summed E-state index contributed by atoms with van der Waals surface area (Å²) in [6, 6.07) is 0. The van der Waals surface area contributed by atoms with Crippen LogP contribution < -0.4 is 5.73 Å². The average molecular weight is 165 g/mol. The Hall–Kier alpha value is -1.71. The van der Waals surface area contributed by atoms with Crippen LogP contribution in [0.4, 0.5) is 0 Å². The molecule has 0 aromatic heterocycles. The minimum atomic E-state index is -0.690. The average Bonchev–Trinajstić information content (AvgIpc) is 2.00. The highest BCUT2D eigenvalue weighted by atomic mass is 16.2.